The molecule has 1 aromatic carbocycles. The number of amides is 1. The van der Waals surface area contributed by atoms with Gasteiger partial charge in [0.2, 0.25) is 0 Å². The van der Waals surface area contributed by atoms with E-state index in [9.17, 15) is 9.59 Å². The number of rotatable bonds is 1. The molecule has 3 nitrogen and oxygen atoms in total. The molecule has 0 spiro atoms. The van der Waals surface area contributed by atoms with Gasteiger partial charge in [-0.15, -0.1) is 0 Å². The quantitative estimate of drug-likeness (QED) is 0.705. The predicted molar refractivity (Wildman–Crippen MR) is 56.0 cm³/mol. The van der Waals surface area contributed by atoms with Gasteiger partial charge in [0.25, 0.3) is 11.7 Å². The second-order valence-corrected chi connectivity index (χ2v) is 4.60. The summed E-state index contributed by atoms with van der Waals surface area (Å²) >= 11 is 0. The van der Waals surface area contributed by atoms with Crippen molar-refractivity contribution in [3.63, 3.8) is 0 Å². The number of anilines is 1. The normalized spacial score (nSPS) is 21.1. The van der Waals surface area contributed by atoms with E-state index in [1.165, 1.54) is 18.4 Å². The lowest BCUT2D eigenvalue weighted by molar-refractivity contribution is -0.112. The second kappa shape index (κ2) is 2.48. The Morgan fingerprint density at radius 3 is 2.67 bits per heavy atom. The first-order chi connectivity index (χ1) is 7.10. The summed E-state index contributed by atoms with van der Waals surface area (Å²) in [5, 5.41) is 2.56. The third-order valence-electron chi connectivity index (χ3n) is 3.42. The summed E-state index contributed by atoms with van der Waals surface area (Å²) in [4.78, 5) is 22.6. The van der Waals surface area contributed by atoms with Crippen molar-refractivity contribution in [1.29, 1.82) is 0 Å². The number of hydrogen-bond acceptors (Lipinski definition) is 2. The maximum absolute atomic E-state index is 11.5. The molecule has 3 heteroatoms. The first kappa shape index (κ1) is 8.65. The number of nitrogens with one attached hydrogen (secondary N) is 1. The Morgan fingerprint density at radius 2 is 2.00 bits per heavy atom. The van der Waals surface area contributed by atoms with E-state index in [1.54, 1.807) is 0 Å². The highest BCUT2D eigenvalue weighted by Gasteiger charge is 2.40. The van der Waals surface area contributed by atoms with Crippen LogP contribution < -0.4 is 5.32 Å². The van der Waals surface area contributed by atoms with Gasteiger partial charge in [0.1, 0.15) is 0 Å². The van der Waals surface area contributed by atoms with Gasteiger partial charge in [0, 0.05) is 0 Å². The molecule has 1 amide bonds. The molecule has 1 aliphatic carbocycles. The third kappa shape index (κ3) is 1.12. The highest BCUT2D eigenvalue weighted by Crippen LogP contribution is 2.48. The van der Waals surface area contributed by atoms with Gasteiger partial charge in [-0.05, 0) is 36.0 Å². The predicted octanol–water partition coefficient (Wildman–Crippen LogP) is 1.87. The molecule has 1 saturated carbocycles. The summed E-state index contributed by atoms with van der Waals surface area (Å²) in [7, 11) is 0. The van der Waals surface area contributed by atoms with Gasteiger partial charge in [0.05, 0.1) is 11.3 Å². The fraction of sp³-hybridized carbons (Fsp3) is 0.333. The molecular formula is C12H11NO2. The van der Waals surface area contributed by atoms with Crippen molar-refractivity contribution in [1.82, 2.24) is 0 Å². The number of hydrogen-bond donors (Lipinski definition) is 1. The summed E-state index contributed by atoms with van der Waals surface area (Å²) in [5.74, 6) is -0.917. The van der Waals surface area contributed by atoms with E-state index in [4.69, 9.17) is 0 Å². The average molecular weight is 201 g/mol. The van der Waals surface area contributed by atoms with Crippen LogP contribution in [-0.4, -0.2) is 11.7 Å². The van der Waals surface area contributed by atoms with Crippen molar-refractivity contribution >= 4 is 17.4 Å². The molecule has 0 bridgehead atoms. The summed E-state index contributed by atoms with van der Waals surface area (Å²) in [5.41, 5.74) is 2.59. The van der Waals surface area contributed by atoms with E-state index in [0.29, 0.717) is 11.3 Å². The Balaban J connectivity index is 2.11. The lowest BCUT2D eigenvalue weighted by Gasteiger charge is -2.09. The molecule has 0 atom stereocenters. The molecule has 1 N–H and O–H groups in total. The lowest BCUT2D eigenvalue weighted by atomic mass is 9.95. The fourth-order valence-electron chi connectivity index (χ4n) is 1.99. The highest BCUT2D eigenvalue weighted by atomic mass is 16.2. The minimum absolute atomic E-state index is 0.237. The van der Waals surface area contributed by atoms with Crippen LogP contribution in [0.4, 0.5) is 5.69 Å². The first-order valence-corrected chi connectivity index (χ1v) is 5.10. The Morgan fingerprint density at radius 1 is 1.27 bits per heavy atom. The van der Waals surface area contributed by atoms with Crippen LogP contribution in [0.2, 0.25) is 0 Å². The zero-order chi connectivity index (χ0) is 10.6. The van der Waals surface area contributed by atoms with E-state index in [0.717, 1.165) is 0 Å². The van der Waals surface area contributed by atoms with E-state index in [-0.39, 0.29) is 5.41 Å². The molecule has 0 unspecified atom stereocenters. The number of Topliss-reactive ketones (excluding diaryl/α,β-unsaturated/α-hetero) is 1. The van der Waals surface area contributed by atoms with Crippen LogP contribution in [0, 0.1) is 0 Å². The minimum atomic E-state index is -0.511. The molecule has 1 aliphatic heterocycles. The van der Waals surface area contributed by atoms with Crippen LogP contribution in [0.15, 0.2) is 18.2 Å². The summed E-state index contributed by atoms with van der Waals surface area (Å²) in [6.07, 6.45) is 2.34. The number of benzene rings is 1. The SMILES string of the molecule is CC1(c2ccc3c(c2)C(=O)C(=O)N3)CC1. The van der Waals surface area contributed by atoms with Crippen LogP contribution in [-0.2, 0) is 10.2 Å². The summed E-state index contributed by atoms with van der Waals surface area (Å²) in [6, 6.07) is 5.70. The molecule has 0 radical (unpaired) electrons. The largest absolute Gasteiger partial charge is 0.318 e. The van der Waals surface area contributed by atoms with Crippen molar-refractivity contribution in [2.24, 2.45) is 0 Å². The van der Waals surface area contributed by atoms with Gasteiger partial charge in [0.15, 0.2) is 0 Å². The monoisotopic (exact) mass is 201 g/mol. The lowest BCUT2D eigenvalue weighted by Crippen LogP contribution is -2.12. The van der Waals surface area contributed by atoms with Gasteiger partial charge < -0.3 is 5.32 Å². The second-order valence-electron chi connectivity index (χ2n) is 4.60. The standard InChI is InChI=1S/C12H11NO2/c1-12(4-5-12)7-2-3-9-8(6-7)10(14)11(15)13-9/h2-3,6H,4-5H2,1H3,(H,13,14,15). The van der Waals surface area contributed by atoms with Crippen molar-refractivity contribution in [2.75, 3.05) is 5.32 Å². The molecule has 0 saturated heterocycles. The molecule has 0 aromatic heterocycles. The van der Waals surface area contributed by atoms with Gasteiger partial charge in [-0.3, -0.25) is 9.59 Å². The Labute approximate surface area is 87.5 Å². The molecule has 15 heavy (non-hydrogen) atoms. The van der Waals surface area contributed by atoms with E-state index in [1.807, 2.05) is 18.2 Å². The van der Waals surface area contributed by atoms with Gasteiger partial charge in [-0.1, -0.05) is 13.0 Å². The molecule has 1 aromatic rings. The third-order valence-corrected chi connectivity index (χ3v) is 3.42. The van der Waals surface area contributed by atoms with Crippen molar-refractivity contribution in [3.8, 4) is 0 Å². The minimum Gasteiger partial charge on any atom is -0.318 e. The molecule has 3 rings (SSSR count). The molecule has 76 valence electrons. The Kier molecular flexibility index (Phi) is 1.43. The number of fused-ring (bicyclic) bond motifs is 1. The van der Waals surface area contributed by atoms with E-state index >= 15 is 0 Å². The number of ketones is 1. The van der Waals surface area contributed by atoms with Crippen molar-refractivity contribution in [3.05, 3.63) is 29.3 Å². The van der Waals surface area contributed by atoms with E-state index in [2.05, 4.69) is 12.2 Å². The van der Waals surface area contributed by atoms with Gasteiger partial charge >= 0.3 is 0 Å². The van der Waals surface area contributed by atoms with E-state index < -0.39 is 11.7 Å². The first-order valence-electron chi connectivity index (χ1n) is 5.10. The maximum Gasteiger partial charge on any atom is 0.296 e. The summed E-state index contributed by atoms with van der Waals surface area (Å²) < 4.78 is 0. The zero-order valence-electron chi connectivity index (χ0n) is 8.46. The van der Waals surface area contributed by atoms with Crippen molar-refractivity contribution < 1.29 is 9.59 Å². The molecular weight excluding hydrogens is 190 g/mol. The van der Waals surface area contributed by atoms with Crippen LogP contribution in [0.3, 0.4) is 0 Å². The highest BCUT2D eigenvalue weighted by molar-refractivity contribution is 6.51. The topological polar surface area (TPSA) is 46.2 Å². The smallest absolute Gasteiger partial charge is 0.296 e. The Bertz CT molecular complexity index is 486. The van der Waals surface area contributed by atoms with Crippen LogP contribution in [0.1, 0.15) is 35.7 Å². The Hall–Kier alpha value is -1.64. The van der Waals surface area contributed by atoms with Crippen LogP contribution >= 0.6 is 0 Å². The zero-order valence-corrected chi connectivity index (χ0v) is 8.46. The van der Waals surface area contributed by atoms with Crippen LogP contribution in [0.5, 0.6) is 0 Å². The van der Waals surface area contributed by atoms with Crippen molar-refractivity contribution in [2.45, 2.75) is 25.2 Å². The average Bonchev–Trinajstić information content (AvgIpc) is 2.90. The van der Waals surface area contributed by atoms with Gasteiger partial charge in [-0.25, -0.2) is 0 Å². The molecule has 1 heterocycles. The van der Waals surface area contributed by atoms with Gasteiger partial charge in [-0.2, -0.15) is 0 Å². The fourth-order valence-corrected chi connectivity index (χ4v) is 1.99. The molecule has 2 aliphatic rings. The van der Waals surface area contributed by atoms with Crippen LogP contribution in [0.25, 0.3) is 0 Å². The number of carbonyl (C=O) groups is 2. The molecule has 1 fully saturated rings. The number of carbonyl (C=O) groups excluding carboxylic acids is 2. The maximum atomic E-state index is 11.5. The summed E-state index contributed by atoms with van der Waals surface area (Å²) in [6.45, 7) is 2.18.